The normalized spacial score (nSPS) is 23.4. The summed E-state index contributed by atoms with van der Waals surface area (Å²) in [6.45, 7) is 0. The Balaban J connectivity index is 1.37. The molecule has 4 nitrogen and oxygen atoms in total. The molecule has 1 fully saturated rings. The lowest BCUT2D eigenvalue weighted by molar-refractivity contribution is 0.0930. The molecule has 3 aliphatic rings. The Bertz CT molecular complexity index is 1170. The van der Waals surface area contributed by atoms with Gasteiger partial charge in [0.05, 0.1) is 11.7 Å². The number of carbonyl (C=O) groups excluding carboxylic acids is 1. The Morgan fingerprint density at radius 3 is 2.90 bits per heavy atom. The minimum Gasteiger partial charge on any atom is -0.344 e. The van der Waals surface area contributed by atoms with Crippen molar-refractivity contribution in [2.75, 3.05) is 0 Å². The maximum absolute atomic E-state index is 14.4. The van der Waals surface area contributed by atoms with Crippen LogP contribution in [0.25, 0.3) is 5.69 Å². The summed E-state index contributed by atoms with van der Waals surface area (Å²) in [5.74, 6) is -0.689. The van der Waals surface area contributed by atoms with Crippen molar-refractivity contribution in [2.24, 2.45) is 5.92 Å². The number of hydrogen-bond donors (Lipinski definition) is 1. The number of carbonyl (C=O) groups is 1. The molecule has 1 heterocycles. The SMILES string of the molecule is O=C(N[C@H]1CCc2ccccc21)c1nn(-c2ccc(F)cc2F)c2c1C[C@H]1C[C@@H]21. The molecule has 0 unspecified atom stereocenters. The molecule has 1 amide bonds. The van der Waals surface area contributed by atoms with E-state index in [1.54, 1.807) is 0 Å². The fourth-order valence-electron chi connectivity index (χ4n) is 5.07. The minimum absolute atomic E-state index is 0.0296. The molecule has 6 heteroatoms. The first-order valence-corrected chi connectivity index (χ1v) is 10.1. The predicted octanol–water partition coefficient (Wildman–Crippen LogP) is 4.23. The molecule has 1 saturated carbocycles. The van der Waals surface area contributed by atoms with Gasteiger partial charge in [-0.25, -0.2) is 13.5 Å². The summed E-state index contributed by atoms with van der Waals surface area (Å²) >= 11 is 0. The van der Waals surface area contributed by atoms with Crippen molar-refractivity contribution in [2.45, 2.75) is 37.6 Å². The Labute approximate surface area is 166 Å². The Hall–Kier alpha value is -3.02. The number of nitrogens with zero attached hydrogens (tertiary/aromatic N) is 2. The Kier molecular flexibility index (Phi) is 3.49. The Morgan fingerprint density at radius 1 is 1.17 bits per heavy atom. The highest BCUT2D eigenvalue weighted by Gasteiger charge is 2.50. The minimum atomic E-state index is -0.670. The van der Waals surface area contributed by atoms with E-state index in [0.29, 0.717) is 17.5 Å². The molecule has 0 bridgehead atoms. The summed E-state index contributed by atoms with van der Waals surface area (Å²) in [5.41, 5.74) is 4.82. The summed E-state index contributed by atoms with van der Waals surface area (Å²) in [7, 11) is 0. The lowest BCUT2D eigenvalue weighted by Gasteiger charge is -2.13. The first kappa shape index (κ1) is 16.9. The largest absolute Gasteiger partial charge is 0.344 e. The maximum atomic E-state index is 14.4. The van der Waals surface area contributed by atoms with Crippen LogP contribution in [0.4, 0.5) is 8.78 Å². The van der Waals surface area contributed by atoms with Crippen molar-refractivity contribution < 1.29 is 13.6 Å². The molecular formula is C23H19F2N3O. The van der Waals surface area contributed by atoms with Crippen molar-refractivity contribution >= 4 is 5.91 Å². The summed E-state index contributed by atoms with van der Waals surface area (Å²) in [6.07, 6.45) is 3.65. The van der Waals surface area contributed by atoms with Gasteiger partial charge in [0.25, 0.3) is 5.91 Å². The summed E-state index contributed by atoms with van der Waals surface area (Å²) in [5, 5.41) is 7.64. The lowest BCUT2D eigenvalue weighted by Crippen LogP contribution is -2.28. The summed E-state index contributed by atoms with van der Waals surface area (Å²) in [6, 6.07) is 11.6. The van der Waals surface area contributed by atoms with E-state index < -0.39 is 11.6 Å². The molecule has 6 rings (SSSR count). The number of fused-ring (bicyclic) bond motifs is 4. The number of halogens is 2. The molecule has 0 aliphatic heterocycles. The third-order valence-electron chi connectivity index (χ3n) is 6.55. The van der Waals surface area contributed by atoms with E-state index >= 15 is 0 Å². The van der Waals surface area contributed by atoms with Gasteiger partial charge in [-0.3, -0.25) is 4.79 Å². The van der Waals surface area contributed by atoms with Crippen LogP contribution in [-0.4, -0.2) is 15.7 Å². The number of hydrogen-bond acceptors (Lipinski definition) is 2. The van der Waals surface area contributed by atoms with Crippen LogP contribution in [-0.2, 0) is 12.8 Å². The number of benzene rings is 2. The molecule has 0 spiro atoms. The van der Waals surface area contributed by atoms with Crippen molar-refractivity contribution in [1.29, 1.82) is 0 Å². The average Bonchev–Trinajstić information content (AvgIpc) is 3.04. The lowest BCUT2D eigenvalue weighted by atomic mass is 10.1. The second-order valence-corrected chi connectivity index (χ2v) is 8.29. The van der Waals surface area contributed by atoms with Crippen LogP contribution >= 0.6 is 0 Å². The maximum Gasteiger partial charge on any atom is 0.272 e. The molecule has 2 aromatic carbocycles. The van der Waals surface area contributed by atoms with Crippen molar-refractivity contribution in [3.05, 3.63) is 82.2 Å². The number of aryl methyl sites for hydroxylation is 1. The third-order valence-corrected chi connectivity index (χ3v) is 6.55. The smallest absolute Gasteiger partial charge is 0.272 e. The highest BCUT2D eigenvalue weighted by atomic mass is 19.1. The first-order valence-electron chi connectivity index (χ1n) is 10.1. The van der Waals surface area contributed by atoms with Gasteiger partial charge in [-0.05, 0) is 54.9 Å². The highest BCUT2D eigenvalue weighted by Crippen LogP contribution is 2.57. The van der Waals surface area contributed by atoms with Gasteiger partial charge in [0.2, 0.25) is 0 Å². The van der Waals surface area contributed by atoms with Gasteiger partial charge in [0, 0.05) is 17.5 Å². The van der Waals surface area contributed by atoms with E-state index in [4.69, 9.17) is 0 Å². The molecule has 3 atom stereocenters. The van der Waals surface area contributed by atoms with Gasteiger partial charge in [-0.15, -0.1) is 0 Å². The van der Waals surface area contributed by atoms with Crippen LogP contribution in [0.2, 0.25) is 0 Å². The third kappa shape index (κ3) is 2.55. The Morgan fingerprint density at radius 2 is 2.03 bits per heavy atom. The van der Waals surface area contributed by atoms with Gasteiger partial charge in [0.1, 0.15) is 11.5 Å². The van der Waals surface area contributed by atoms with E-state index in [9.17, 15) is 13.6 Å². The molecule has 3 aromatic rings. The van der Waals surface area contributed by atoms with Crippen LogP contribution < -0.4 is 5.32 Å². The van der Waals surface area contributed by atoms with Crippen LogP contribution in [0.5, 0.6) is 0 Å². The molecule has 3 aliphatic carbocycles. The van der Waals surface area contributed by atoms with Gasteiger partial charge in [0.15, 0.2) is 11.5 Å². The first-order chi connectivity index (χ1) is 14.1. The van der Waals surface area contributed by atoms with E-state index in [-0.39, 0.29) is 17.6 Å². The molecule has 0 radical (unpaired) electrons. The fourth-order valence-corrected chi connectivity index (χ4v) is 5.07. The van der Waals surface area contributed by atoms with Crippen molar-refractivity contribution in [1.82, 2.24) is 15.1 Å². The van der Waals surface area contributed by atoms with Crippen molar-refractivity contribution in [3.63, 3.8) is 0 Å². The van der Waals surface area contributed by atoms with Crippen molar-refractivity contribution in [3.8, 4) is 5.69 Å². The number of nitrogens with one attached hydrogen (secondary N) is 1. The van der Waals surface area contributed by atoms with E-state index in [1.165, 1.54) is 22.4 Å². The fraction of sp³-hybridized carbons (Fsp3) is 0.304. The number of rotatable bonds is 3. The van der Waals surface area contributed by atoms with Crippen LogP contribution in [0.3, 0.4) is 0 Å². The molecular weight excluding hydrogens is 372 g/mol. The van der Waals surface area contributed by atoms with Gasteiger partial charge >= 0.3 is 0 Å². The monoisotopic (exact) mass is 391 g/mol. The molecule has 29 heavy (non-hydrogen) atoms. The summed E-state index contributed by atoms with van der Waals surface area (Å²) < 4.78 is 29.3. The molecule has 0 saturated heterocycles. The van der Waals surface area contributed by atoms with E-state index in [0.717, 1.165) is 48.6 Å². The van der Waals surface area contributed by atoms with Gasteiger partial charge < -0.3 is 5.32 Å². The zero-order valence-corrected chi connectivity index (χ0v) is 15.7. The van der Waals surface area contributed by atoms with Gasteiger partial charge in [-0.2, -0.15) is 5.10 Å². The average molecular weight is 391 g/mol. The molecule has 1 N–H and O–H groups in total. The van der Waals surface area contributed by atoms with Crippen LogP contribution in [0.15, 0.2) is 42.5 Å². The quantitative estimate of drug-likeness (QED) is 0.726. The number of amides is 1. The van der Waals surface area contributed by atoms with Gasteiger partial charge in [-0.1, -0.05) is 24.3 Å². The zero-order chi connectivity index (χ0) is 19.7. The van der Waals surface area contributed by atoms with E-state index in [1.807, 2.05) is 12.1 Å². The zero-order valence-electron chi connectivity index (χ0n) is 15.7. The number of aromatic nitrogens is 2. The second-order valence-electron chi connectivity index (χ2n) is 8.29. The van der Waals surface area contributed by atoms with Crippen LogP contribution in [0, 0.1) is 17.6 Å². The highest BCUT2D eigenvalue weighted by molar-refractivity contribution is 5.95. The standard InChI is InChI=1S/C23H19F2N3O/c24-14-6-8-20(18(25)11-14)28-22-16-9-13(16)10-17(22)21(27-28)23(29)26-19-7-5-12-3-1-2-4-15(12)19/h1-4,6,8,11,13,16,19H,5,7,9-10H2,(H,26,29)/t13-,16-,19+/m1/s1. The molecule has 146 valence electrons. The van der Waals surface area contributed by atoms with E-state index in [2.05, 4.69) is 22.5 Å². The topological polar surface area (TPSA) is 46.9 Å². The van der Waals surface area contributed by atoms with Crippen LogP contribution in [0.1, 0.15) is 57.7 Å². The molecule has 1 aromatic heterocycles. The predicted molar refractivity (Wildman–Crippen MR) is 103 cm³/mol. The second kappa shape index (κ2) is 5.99. The summed E-state index contributed by atoms with van der Waals surface area (Å²) in [4.78, 5) is 13.1.